The lowest BCUT2D eigenvalue weighted by Crippen LogP contribution is -2.45. The number of carbonyl (C=O) groups excluding carboxylic acids is 1. The first kappa shape index (κ1) is 17.5. The van der Waals surface area contributed by atoms with Crippen LogP contribution in [0.15, 0.2) is 36.5 Å². The molecule has 8 heteroatoms. The van der Waals surface area contributed by atoms with Crippen LogP contribution in [0, 0.1) is 11.7 Å². The summed E-state index contributed by atoms with van der Waals surface area (Å²) in [6, 6.07) is 7.79. The standard InChI is InChI=1S/C20H21FN4O3/c21-13-3-1-2-12(8-13)14-6-7-22-20(24-14)25-16-10-28-17-15(9-27-18(16)17)23-19(26)11-4-5-11/h1-3,6-8,11,15-18H,4-5,9-10H2,(H,23,26)(H,22,24,25)/t15-,16+,17-,18+/m0/s1. The van der Waals surface area contributed by atoms with Gasteiger partial charge in [-0.05, 0) is 31.0 Å². The minimum absolute atomic E-state index is 0.0976. The minimum atomic E-state index is -0.309. The Kier molecular flexibility index (Phi) is 4.44. The van der Waals surface area contributed by atoms with Crippen LogP contribution >= 0.6 is 0 Å². The normalized spacial score (nSPS) is 28.8. The van der Waals surface area contributed by atoms with Crippen LogP contribution in [0.2, 0.25) is 0 Å². The van der Waals surface area contributed by atoms with E-state index in [0.29, 0.717) is 30.4 Å². The maximum absolute atomic E-state index is 13.5. The van der Waals surface area contributed by atoms with Crippen LogP contribution < -0.4 is 10.6 Å². The Labute approximate surface area is 161 Å². The summed E-state index contributed by atoms with van der Waals surface area (Å²) in [5.74, 6) is 0.384. The fourth-order valence-electron chi connectivity index (χ4n) is 3.80. The number of nitrogens with zero attached hydrogens (tertiary/aromatic N) is 2. The summed E-state index contributed by atoms with van der Waals surface area (Å²) in [5.41, 5.74) is 1.32. The Balaban J connectivity index is 1.26. The molecule has 2 saturated heterocycles. The van der Waals surface area contributed by atoms with E-state index in [0.717, 1.165) is 12.8 Å². The molecular formula is C20H21FN4O3. The van der Waals surface area contributed by atoms with Crippen LogP contribution in [0.5, 0.6) is 0 Å². The first-order valence-electron chi connectivity index (χ1n) is 9.56. The summed E-state index contributed by atoms with van der Waals surface area (Å²) in [7, 11) is 0. The number of ether oxygens (including phenoxy) is 2. The van der Waals surface area contributed by atoms with E-state index in [1.807, 2.05) is 0 Å². The highest BCUT2D eigenvalue weighted by Crippen LogP contribution is 2.32. The summed E-state index contributed by atoms with van der Waals surface area (Å²) in [6.07, 6.45) is 3.23. The van der Waals surface area contributed by atoms with Crippen LogP contribution in [-0.4, -0.2) is 53.4 Å². The van der Waals surface area contributed by atoms with E-state index in [2.05, 4.69) is 20.6 Å². The average Bonchev–Trinajstić information content (AvgIpc) is 3.38. The van der Waals surface area contributed by atoms with Gasteiger partial charge >= 0.3 is 0 Å². The summed E-state index contributed by atoms with van der Waals surface area (Å²) < 4.78 is 25.3. The molecule has 0 spiro atoms. The van der Waals surface area contributed by atoms with E-state index < -0.39 is 0 Å². The summed E-state index contributed by atoms with van der Waals surface area (Å²) in [6.45, 7) is 0.884. The van der Waals surface area contributed by atoms with Crippen molar-refractivity contribution in [2.75, 3.05) is 18.5 Å². The molecule has 0 radical (unpaired) electrons. The van der Waals surface area contributed by atoms with Gasteiger partial charge in [0.05, 0.1) is 31.0 Å². The number of hydrogen-bond acceptors (Lipinski definition) is 6. The number of anilines is 1. The van der Waals surface area contributed by atoms with Crippen LogP contribution in [0.4, 0.5) is 10.3 Å². The number of fused-ring (bicyclic) bond motifs is 1. The third-order valence-corrected chi connectivity index (χ3v) is 5.42. The molecule has 4 atom stereocenters. The smallest absolute Gasteiger partial charge is 0.223 e. The fraction of sp³-hybridized carbons (Fsp3) is 0.450. The maximum atomic E-state index is 13.5. The zero-order chi connectivity index (χ0) is 19.1. The third kappa shape index (κ3) is 3.45. The number of benzene rings is 1. The molecule has 5 rings (SSSR count). The van der Waals surface area contributed by atoms with Crippen molar-refractivity contribution in [1.29, 1.82) is 0 Å². The molecule has 2 aromatic rings. The van der Waals surface area contributed by atoms with E-state index in [-0.39, 0.29) is 41.9 Å². The lowest BCUT2D eigenvalue weighted by molar-refractivity contribution is -0.123. The van der Waals surface area contributed by atoms with Crippen molar-refractivity contribution in [3.05, 3.63) is 42.3 Å². The molecule has 1 aliphatic carbocycles. The highest BCUT2D eigenvalue weighted by atomic mass is 19.1. The molecule has 7 nitrogen and oxygen atoms in total. The number of carbonyl (C=O) groups is 1. The zero-order valence-electron chi connectivity index (χ0n) is 15.2. The maximum Gasteiger partial charge on any atom is 0.223 e. The van der Waals surface area contributed by atoms with Gasteiger partial charge in [-0.2, -0.15) is 0 Å². The lowest BCUT2D eigenvalue weighted by atomic mass is 10.1. The quantitative estimate of drug-likeness (QED) is 0.817. The number of aromatic nitrogens is 2. The van der Waals surface area contributed by atoms with E-state index in [1.54, 1.807) is 24.4 Å². The molecule has 0 bridgehead atoms. The number of hydrogen-bond donors (Lipinski definition) is 2. The van der Waals surface area contributed by atoms with Crippen molar-refractivity contribution in [2.24, 2.45) is 5.92 Å². The molecule has 1 aromatic heterocycles. The van der Waals surface area contributed by atoms with Gasteiger partial charge in [-0.25, -0.2) is 14.4 Å². The average molecular weight is 384 g/mol. The van der Waals surface area contributed by atoms with E-state index >= 15 is 0 Å². The summed E-state index contributed by atoms with van der Waals surface area (Å²) >= 11 is 0. The van der Waals surface area contributed by atoms with Gasteiger partial charge in [0.2, 0.25) is 11.9 Å². The van der Waals surface area contributed by atoms with Crippen molar-refractivity contribution in [2.45, 2.75) is 37.1 Å². The first-order valence-corrected chi connectivity index (χ1v) is 9.56. The monoisotopic (exact) mass is 384 g/mol. The van der Waals surface area contributed by atoms with Crippen LogP contribution in [0.25, 0.3) is 11.3 Å². The Morgan fingerprint density at radius 2 is 1.89 bits per heavy atom. The molecule has 2 N–H and O–H groups in total. The predicted octanol–water partition coefficient (Wildman–Crippen LogP) is 1.76. The van der Waals surface area contributed by atoms with Crippen LogP contribution in [0.3, 0.4) is 0 Å². The van der Waals surface area contributed by atoms with Crippen molar-refractivity contribution in [3.8, 4) is 11.3 Å². The van der Waals surface area contributed by atoms with Crippen LogP contribution in [0.1, 0.15) is 12.8 Å². The molecular weight excluding hydrogens is 363 g/mol. The second kappa shape index (κ2) is 7.10. The van der Waals surface area contributed by atoms with E-state index in [9.17, 15) is 9.18 Å². The Morgan fingerprint density at radius 1 is 1.11 bits per heavy atom. The van der Waals surface area contributed by atoms with Crippen molar-refractivity contribution < 1.29 is 18.7 Å². The van der Waals surface area contributed by atoms with Crippen molar-refractivity contribution in [3.63, 3.8) is 0 Å². The second-order valence-corrected chi connectivity index (χ2v) is 7.51. The van der Waals surface area contributed by atoms with E-state index in [4.69, 9.17) is 9.47 Å². The van der Waals surface area contributed by atoms with Crippen molar-refractivity contribution >= 4 is 11.9 Å². The molecule has 146 valence electrons. The van der Waals surface area contributed by atoms with Gasteiger partial charge in [0, 0.05) is 17.7 Å². The number of rotatable bonds is 5. The van der Waals surface area contributed by atoms with Gasteiger partial charge in [-0.1, -0.05) is 12.1 Å². The van der Waals surface area contributed by atoms with Crippen LogP contribution in [-0.2, 0) is 14.3 Å². The Bertz CT molecular complexity index is 891. The Hall–Kier alpha value is -2.58. The topological polar surface area (TPSA) is 85.4 Å². The molecule has 28 heavy (non-hydrogen) atoms. The van der Waals surface area contributed by atoms with Gasteiger partial charge in [0.15, 0.2) is 0 Å². The molecule has 1 aromatic carbocycles. The Morgan fingerprint density at radius 3 is 2.68 bits per heavy atom. The molecule has 3 fully saturated rings. The highest BCUT2D eigenvalue weighted by Gasteiger charge is 2.49. The van der Waals surface area contributed by atoms with Gasteiger partial charge in [0.25, 0.3) is 0 Å². The lowest BCUT2D eigenvalue weighted by Gasteiger charge is -2.18. The largest absolute Gasteiger partial charge is 0.371 e. The first-order chi connectivity index (χ1) is 13.7. The molecule has 1 amide bonds. The molecule has 2 aliphatic heterocycles. The van der Waals surface area contributed by atoms with Crippen molar-refractivity contribution in [1.82, 2.24) is 15.3 Å². The van der Waals surface area contributed by atoms with E-state index in [1.165, 1.54) is 12.1 Å². The number of halogens is 1. The number of amides is 1. The van der Waals surface area contributed by atoms with Gasteiger partial charge < -0.3 is 20.1 Å². The third-order valence-electron chi connectivity index (χ3n) is 5.42. The SMILES string of the molecule is O=C(N[C@H]1CO[C@H]2[C@H]1OC[C@H]2Nc1nccc(-c2cccc(F)c2)n1)C1CC1. The molecule has 1 saturated carbocycles. The fourth-order valence-corrected chi connectivity index (χ4v) is 3.80. The highest BCUT2D eigenvalue weighted by molar-refractivity contribution is 5.81. The minimum Gasteiger partial charge on any atom is -0.371 e. The predicted molar refractivity (Wildman–Crippen MR) is 99.0 cm³/mol. The van der Waals surface area contributed by atoms with Gasteiger partial charge in [-0.15, -0.1) is 0 Å². The van der Waals surface area contributed by atoms with Gasteiger partial charge in [-0.3, -0.25) is 4.79 Å². The summed E-state index contributed by atoms with van der Waals surface area (Å²) in [5, 5.41) is 6.32. The number of nitrogens with one attached hydrogen (secondary N) is 2. The zero-order valence-corrected chi connectivity index (χ0v) is 15.2. The summed E-state index contributed by atoms with van der Waals surface area (Å²) in [4.78, 5) is 20.8. The van der Waals surface area contributed by atoms with Gasteiger partial charge in [0.1, 0.15) is 18.0 Å². The molecule has 0 unspecified atom stereocenters. The second-order valence-electron chi connectivity index (χ2n) is 7.51. The molecule has 3 aliphatic rings. The molecule has 3 heterocycles.